The largest absolute Gasteiger partial charge is 0.309 e. The van der Waals surface area contributed by atoms with Crippen molar-refractivity contribution in [2.45, 2.75) is 27.7 Å². The summed E-state index contributed by atoms with van der Waals surface area (Å²) in [6.07, 6.45) is 2.25. The van der Waals surface area contributed by atoms with E-state index in [4.69, 9.17) is 4.98 Å². The lowest BCUT2D eigenvalue weighted by molar-refractivity contribution is 1.12. The third-order valence-corrected chi connectivity index (χ3v) is 8.84. The number of benzene rings is 5. The van der Waals surface area contributed by atoms with E-state index in [9.17, 15) is 0 Å². The maximum Gasteiger partial charge on any atom is 0.137 e. The Labute approximate surface area is 257 Å². The zero-order chi connectivity index (χ0) is 29.9. The Kier molecular flexibility index (Phi) is 6.02. The number of aromatic nitrogens is 3. The normalized spacial score (nSPS) is 11.6. The Balaban J connectivity index is 1.32. The van der Waals surface area contributed by atoms with E-state index in [1.165, 1.54) is 55.3 Å². The monoisotopic (exact) mass is 567 g/mol. The first kappa shape index (κ1) is 26.2. The van der Waals surface area contributed by atoms with E-state index < -0.39 is 0 Å². The summed E-state index contributed by atoms with van der Waals surface area (Å²) < 4.78 is 4.71. The molecule has 3 heterocycles. The fourth-order valence-corrected chi connectivity index (χ4v) is 6.85. The van der Waals surface area contributed by atoms with Crippen molar-refractivity contribution >= 4 is 27.5 Å². The number of hydrogen-bond acceptors (Lipinski definition) is 1. The number of aryl methyl sites for hydroxylation is 4. The van der Waals surface area contributed by atoms with Crippen molar-refractivity contribution in [2.75, 3.05) is 0 Å². The van der Waals surface area contributed by atoms with Gasteiger partial charge in [-0.1, -0.05) is 83.9 Å². The van der Waals surface area contributed by atoms with Gasteiger partial charge in [0, 0.05) is 28.1 Å². The lowest BCUT2D eigenvalue weighted by atomic mass is 9.99. The highest BCUT2D eigenvalue weighted by molar-refractivity contribution is 6.10. The number of imidazole rings is 1. The maximum atomic E-state index is 5.11. The average molecular weight is 568 g/mol. The molecule has 0 amide bonds. The van der Waals surface area contributed by atoms with Crippen molar-refractivity contribution in [3.8, 4) is 39.3 Å². The van der Waals surface area contributed by atoms with Gasteiger partial charge >= 0.3 is 0 Å². The van der Waals surface area contributed by atoms with Crippen molar-refractivity contribution in [2.24, 2.45) is 0 Å². The molecule has 0 saturated heterocycles. The SMILES string of the molecule is Cc1ccc2c(c1)c1cc(C)ccc1n2-c1c(C)cc(-c2ccc3nc(-c4ccccc4)c(-c4ccccc4)n3c2)cc1C. The summed E-state index contributed by atoms with van der Waals surface area (Å²) in [6.45, 7) is 8.83. The molecule has 0 aliphatic carbocycles. The summed E-state index contributed by atoms with van der Waals surface area (Å²) >= 11 is 0. The minimum Gasteiger partial charge on any atom is -0.309 e. The van der Waals surface area contributed by atoms with Gasteiger partial charge in [0.05, 0.1) is 28.1 Å². The van der Waals surface area contributed by atoms with Crippen LogP contribution in [0.25, 0.3) is 66.8 Å². The predicted molar refractivity (Wildman–Crippen MR) is 185 cm³/mol. The van der Waals surface area contributed by atoms with Gasteiger partial charge in [-0.2, -0.15) is 0 Å². The maximum absolute atomic E-state index is 5.11. The first-order chi connectivity index (χ1) is 21.5. The highest BCUT2D eigenvalue weighted by Crippen LogP contribution is 2.38. The van der Waals surface area contributed by atoms with Crippen molar-refractivity contribution in [1.82, 2.24) is 14.0 Å². The van der Waals surface area contributed by atoms with E-state index in [2.05, 4.69) is 164 Å². The molecule has 0 aliphatic heterocycles. The van der Waals surface area contributed by atoms with Gasteiger partial charge in [0.25, 0.3) is 0 Å². The second-order valence-electron chi connectivity index (χ2n) is 12.0. The third kappa shape index (κ3) is 4.16. The fourth-order valence-electron chi connectivity index (χ4n) is 6.85. The van der Waals surface area contributed by atoms with Crippen LogP contribution in [0.1, 0.15) is 22.3 Å². The van der Waals surface area contributed by atoms with Gasteiger partial charge in [-0.15, -0.1) is 0 Å². The van der Waals surface area contributed by atoms with E-state index >= 15 is 0 Å². The van der Waals surface area contributed by atoms with E-state index in [1.807, 2.05) is 0 Å². The summed E-state index contributed by atoms with van der Waals surface area (Å²) in [4.78, 5) is 5.11. The van der Waals surface area contributed by atoms with Crippen LogP contribution >= 0.6 is 0 Å². The van der Waals surface area contributed by atoms with Gasteiger partial charge in [0.2, 0.25) is 0 Å². The summed E-state index contributed by atoms with van der Waals surface area (Å²) in [5.41, 5.74) is 16.5. The Bertz CT molecular complexity index is 2270. The Hall–Kier alpha value is -5.41. The van der Waals surface area contributed by atoms with Crippen molar-refractivity contribution in [3.63, 3.8) is 0 Å². The molecule has 44 heavy (non-hydrogen) atoms. The van der Waals surface area contributed by atoms with Crippen LogP contribution in [0.2, 0.25) is 0 Å². The quantitative estimate of drug-likeness (QED) is 0.207. The molecule has 0 unspecified atom stereocenters. The predicted octanol–water partition coefficient (Wildman–Crippen LogP) is 10.7. The minimum atomic E-state index is 0.937. The third-order valence-electron chi connectivity index (χ3n) is 8.84. The summed E-state index contributed by atoms with van der Waals surface area (Å²) in [7, 11) is 0. The molecular formula is C41H33N3. The molecule has 0 bridgehead atoms. The first-order valence-electron chi connectivity index (χ1n) is 15.2. The highest BCUT2D eigenvalue weighted by Gasteiger charge is 2.19. The van der Waals surface area contributed by atoms with Gasteiger partial charge in [-0.25, -0.2) is 4.98 Å². The van der Waals surface area contributed by atoms with Crippen molar-refractivity contribution in [1.29, 1.82) is 0 Å². The van der Waals surface area contributed by atoms with E-state index in [0.717, 1.165) is 33.7 Å². The molecule has 0 spiro atoms. The van der Waals surface area contributed by atoms with Gasteiger partial charge in [0.15, 0.2) is 0 Å². The number of pyridine rings is 1. The number of nitrogens with zero attached hydrogens (tertiary/aromatic N) is 3. The van der Waals surface area contributed by atoms with Gasteiger partial charge in [-0.05, 0) is 98.5 Å². The molecule has 0 fully saturated rings. The molecule has 3 heteroatoms. The zero-order valence-electron chi connectivity index (χ0n) is 25.5. The van der Waals surface area contributed by atoms with Crippen LogP contribution in [-0.4, -0.2) is 14.0 Å². The van der Waals surface area contributed by atoms with Gasteiger partial charge in [-0.3, -0.25) is 4.40 Å². The lowest BCUT2D eigenvalue weighted by Crippen LogP contribution is -2.01. The topological polar surface area (TPSA) is 22.2 Å². The molecule has 212 valence electrons. The lowest BCUT2D eigenvalue weighted by Gasteiger charge is -2.17. The molecule has 0 saturated carbocycles. The molecule has 3 aromatic heterocycles. The minimum absolute atomic E-state index is 0.937. The van der Waals surface area contributed by atoms with E-state index in [0.29, 0.717) is 0 Å². The molecule has 0 aliphatic rings. The van der Waals surface area contributed by atoms with E-state index in [-0.39, 0.29) is 0 Å². The van der Waals surface area contributed by atoms with Crippen LogP contribution in [0.3, 0.4) is 0 Å². The highest BCUT2D eigenvalue weighted by atomic mass is 15.0. The van der Waals surface area contributed by atoms with Gasteiger partial charge in [0.1, 0.15) is 5.65 Å². The van der Waals surface area contributed by atoms with E-state index in [1.54, 1.807) is 0 Å². The van der Waals surface area contributed by atoms with Crippen LogP contribution < -0.4 is 0 Å². The molecule has 0 atom stereocenters. The van der Waals surface area contributed by atoms with Crippen LogP contribution in [0.4, 0.5) is 0 Å². The smallest absolute Gasteiger partial charge is 0.137 e. The fraction of sp³-hybridized carbons (Fsp3) is 0.0976. The second-order valence-corrected chi connectivity index (χ2v) is 12.0. The van der Waals surface area contributed by atoms with Crippen LogP contribution in [-0.2, 0) is 0 Å². The molecule has 3 nitrogen and oxygen atoms in total. The molecule has 5 aromatic carbocycles. The zero-order valence-corrected chi connectivity index (χ0v) is 25.5. The number of hydrogen-bond donors (Lipinski definition) is 0. The van der Waals surface area contributed by atoms with Crippen LogP contribution in [0.15, 0.2) is 128 Å². The summed E-state index contributed by atoms with van der Waals surface area (Å²) in [5.74, 6) is 0. The summed E-state index contributed by atoms with van der Waals surface area (Å²) in [5, 5.41) is 2.61. The average Bonchev–Trinajstić information content (AvgIpc) is 3.57. The summed E-state index contributed by atoms with van der Waals surface area (Å²) in [6, 6.07) is 43.7. The van der Waals surface area contributed by atoms with Crippen molar-refractivity contribution < 1.29 is 0 Å². The molecule has 0 N–H and O–H groups in total. The number of rotatable bonds is 4. The molecule has 8 rings (SSSR count). The number of fused-ring (bicyclic) bond motifs is 4. The Morgan fingerprint density at radius 2 is 1.07 bits per heavy atom. The second kappa shape index (κ2) is 10.1. The first-order valence-corrected chi connectivity index (χ1v) is 15.2. The standard InChI is InChI=1S/C41H33N3/c1-26-15-18-36-34(21-26)35-22-27(2)16-19-37(35)44(36)40-28(3)23-33(24-29(40)4)32-17-20-38-42-39(30-11-7-5-8-12-30)41(43(38)25-32)31-13-9-6-10-14-31/h5-25H,1-4H3. The Morgan fingerprint density at radius 3 is 1.66 bits per heavy atom. The van der Waals surface area contributed by atoms with Gasteiger partial charge < -0.3 is 4.57 Å². The van der Waals surface area contributed by atoms with Crippen molar-refractivity contribution in [3.05, 3.63) is 150 Å². The molecule has 0 radical (unpaired) electrons. The molecular weight excluding hydrogens is 534 g/mol. The Morgan fingerprint density at radius 1 is 0.500 bits per heavy atom. The molecule has 8 aromatic rings. The van der Waals surface area contributed by atoms with Crippen LogP contribution in [0.5, 0.6) is 0 Å². The van der Waals surface area contributed by atoms with Crippen LogP contribution in [0, 0.1) is 27.7 Å².